The van der Waals surface area contributed by atoms with Crippen molar-refractivity contribution in [3.63, 3.8) is 0 Å². The molecular weight excluding hydrogens is 224 g/mol. The number of hydrogen-bond acceptors (Lipinski definition) is 3. The lowest BCUT2D eigenvalue weighted by atomic mass is 9.69. The first-order valence-corrected chi connectivity index (χ1v) is 6.89. The second kappa shape index (κ2) is 4.40. The van der Waals surface area contributed by atoms with Crippen LogP contribution in [0.4, 0.5) is 0 Å². The van der Waals surface area contributed by atoms with Crippen LogP contribution in [0.2, 0.25) is 0 Å². The summed E-state index contributed by atoms with van der Waals surface area (Å²) in [7, 11) is 2.17. The molecule has 0 amide bonds. The van der Waals surface area contributed by atoms with Crippen LogP contribution >= 0.6 is 0 Å². The zero-order valence-electron chi connectivity index (χ0n) is 10.9. The molecule has 1 aliphatic carbocycles. The number of piperidine rings is 1. The van der Waals surface area contributed by atoms with Crippen LogP contribution in [0, 0.1) is 11.3 Å². The maximum absolute atomic E-state index is 9.33. The third kappa shape index (κ3) is 1.83. The number of rotatable bonds is 2. The average molecular weight is 244 g/mol. The Hall–Kier alpha value is -1.34. The van der Waals surface area contributed by atoms with Gasteiger partial charge in [0.2, 0.25) is 0 Å². The molecule has 96 valence electrons. The minimum absolute atomic E-state index is 0.302. The van der Waals surface area contributed by atoms with Gasteiger partial charge in [-0.2, -0.15) is 5.26 Å². The Morgan fingerprint density at radius 1 is 1.44 bits per heavy atom. The number of nitriles is 1. The van der Waals surface area contributed by atoms with Gasteiger partial charge in [0.15, 0.2) is 0 Å². The van der Waals surface area contributed by atoms with Gasteiger partial charge in [0.1, 0.15) is 11.2 Å². The summed E-state index contributed by atoms with van der Waals surface area (Å²) in [5.41, 5.74) is 0.934. The molecule has 1 aromatic heterocycles. The molecule has 1 aromatic rings. The fraction of sp³-hybridized carbons (Fsp3) is 0.714. The molecule has 3 rings (SSSR count). The first-order valence-electron chi connectivity index (χ1n) is 6.89. The Kier molecular flexibility index (Phi) is 2.87. The SMILES string of the molecule is CN1CCC(c2cnc(C3(C#N)CCC3)[nH]2)CC1. The monoisotopic (exact) mass is 244 g/mol. The average Bonchev–Trinajstić information content (AvgIpc) is 2.79. The highest BCUT2D eigenvalue weighted by Crippen LogP contribution is 2.42. The zero-order chi connectivity index (χ0) is 12.6. The molecule has 0 atom stereocenters. The summed E-state index contributed by atoms with van der Waals surface area (Å²) >= 11 is 0. The van der Waals surface area contributed by atoms with E-state index in [0.717, 1.165) is 38.2 Å². The molecule has 0 unspecified atom stereocenters. The molecule has 2 fully saturated rings. The number of hydrogen-bond donors (Lipinski definition) is 1. The fourth-order valence-corrected chi connectivity index (χ4v) is 3.04. The van der Waals surface area contributed by atoms with Crippen molar-refractivity contribution in [1.82, 2.24) is 14.9 Å². The Labute approximate surface area is 108 Å². The van der Waals surface area contributed by atoms with Gasteiger partial charge in [-0.25, -0.2) is 4.98 Å². The Bertz CT molecular complexity index is 458. The number of imidazole rings is 1. The number of aromatic amines is 1. The first-order chi connectivity index (χ1) is 8.73. The Morgan fingerprint density at radius 3 is 2.72 bits per heavy atom. The highest BCUT2D eigenvalue weighted by molar-refractivity contribution is 5.26. The van der Waals surface area contributed by atoms with Crippen molar-refractivity contribution in [1.29, 1.82) is 5.26 Å². The van der Waals surface area contributed by atoms with Gasteiger partial charge >= 0.3 is 0 Å². The summed E-state index contributed by atoms with van der Waals surface area (Å²) in [6.45, 7) is 2.31. The molecule has 2 heterocycles. The lowest BCUT2D eigenvalue weighted by Crippen LogP contribution is -2.33. The van der Waals surface area contributed by atoms with E-state index in [9.17, 15) is 5.26 Å². The van der Waals surface area contributed by atoms with Gasteiger partial charge in [-0.3, -0.25) is 0 Å². The van der Waals surface area contributed by atoms with Gasteiger partial charge < -0.3 is 9.88 Å². The summed E-state index contributed by atoms with van der Waals surface area (Å²) in [6, 6.07) is 2.45. The molecule has 4 heteroatoms. The summed E-state index contributed by atoms with van der Waals surface area (Å²) in [5, 5.41) is 9.33. The van der Waals surface area contributed by atoms with Crippen LogP contribution in [-0.2, 0) is 5.41 Å². The minimum Gasteiger partial charge on any atom is -0.344 e. The van der Waals surface area contributed by atoms with E-state index < -0.39 is 0 Å². The molecule has 18 heavy (non-hydrogen) atoms. The maximum atomic E-state index is 9.33. The van der Waals surface area contributed by atoms with E-state index >= 15 is 0 Å². The van der Waals surface area contributed by atoms with Crippen LogP contribution in [0.15, 0.2) is 6.20 Å². The van der Waals surface area contributed by atoms with Crippen LogP contribution in [0.5, 0.6) is 0 Å². The zero-order valence-corrected chi connectivity index (χ0v) is 10.9. The number of H-pyrrole nitrogens is 1. The van der Waals surface area contributed by atoms with Crippen molar-refractivity contribution in [3.05, 3.63) is 17.7 Å². The van der Waals surface area contributed by atoms with Crippen LogP contribution in [-0.4, -0.2) is 35.0 Å². The number of nitrogens with one attached hydrogen (secondary N) is 1. The van der Waals surface area contributed by atoms with Crippen molar-refractivity contribution in [2.75, 3.05) is 20.1 Å². The van der Waals surface area contributed by atoms with Crippen LogP contribution in [0.1, 0.15) is 49.5 Å². The van der Waals surface area contributed by atoms with E-state index in [1.54, 1.807) is 0 Å². The lowest BCUT2D eigenvalue weighted by molar-refractivity contribution is 0.253. The molecule has 0 aromatic carbocycles. The molecule has 4 nitrogen and oxygen atoms in total. The smallest absolute Gasteiger partial charge is 0.126 e. The normalized spacial score (nSPS) is 24.4. The predicted octanol–water partition coefficient (Wildman–Crippen LogP) is 2.16. The molecule has 1 saturated heterocycles. The van der Waals surface area contributed by atoms with Gasteiger partial charge in [0.05, 0.1) is 6.07 Å². The summed E-state index contributed by atoms with van der Waals surface area (Å²) < 4.78 is 0. The summed E-state index contributed by atoms with van der Waals surface area (Å²) in [5.74, 6) is 1.50. The predicted molar refractivity (Wildman–Crippen MR) is 69.2 cm³/mol. The van der Waals surface area contributed by atoms with Crippen molar-refractivity contribution in [3.8, 4) is 6.07 Å². The molecule has 2 aliphatic rings. The van der Waals surface area contributed by atoms with Gasteiger partial charge in [0, 0.05) is 17.8 Å². The number of likely N-dealkylation sites (tertiary alicyclic amines) is 1. The third-order valence-corrected chi connectivity index (χ3v) is 4.63. The molecule has 0 bridgehead atoms. The van der Waals surface area contributed by atoms with Crippen LogP contribution in [0.25, 0.3) is 0 Å². The molecule has 1 aliphatic heterocycles. The fourth-order valence-electron chi connectivity index (χ4n) is 3.04. The third-order valence-electron chi connectivity index (χ3n) is 4.63. The molecule has 1 N–H and O–H groups in total. The number of nitrogens with zero attached hydrogens (tertiary/aromatic N) is 3. The molecule has 0 radical (unpaired) electrons. The van der Waals surface area contributed by atoms with Crippen molar-refractivity contribution < 1.29 is 0 Å². The first kappa shape index (κ1) is 11.7. The van der Waals surface area contributed by atoms with E-state index in [1.165, 1.54) is 18.5 Å². The molecule has 1 saturated carbocycles. The van der Waals surface area contributed by atoms with E-state index in [-0.39, 0.29) is 5.41 Å². The van der Waals surface area contributed by atoms with E-state index in [0.29, 0.717) is 5.92 Å². The summed E-state index contributed by atoms with van der Waals surface area (Å²) in [4.78, 5) is 10.3. The Balaban J connectivity index is 1.76. The molecule has 0 spiro atoms. The van der Waals surface area contributed by atoms with Crippen molar-refractivity contribution in [2.45, 2.75) is 43.4 Å². The van der Waals surface area contributed by atoms with E-state index in [1.807, 2.05) is 6.20 Å². The largest absolute Gasteiger partial charge is 0.344 e. The lowest BCUT2D eigenvalue weighted by Gasteiger charge is -2.33. The van der Waals surface area contributed by atoms with Gasteiger partial charge in [-0.1, -0.05) is 0 Å². The van der Waals surface area contributed by atoms with Crippen molar-refractivity contribution in [2.24, 2.45) is 0 Å². The van der Waals surface area contributed by atoms with Gasteiger partial charge in [-0.15, -0.1) is 0 Å². The number of aromatic nitrogens is 2. The molecular formula is C14H20N4. The standard InChI is InChI=1S/C14H20N4/c1-18-7-3-11(4-8-18)12-9-16-13(17-12)14(10-15)5-2-6-14/h9,11H,2-8H2,1H3,(H,16,17). The van der Waals surface area contributed by atoms with E-state index in [4.69, 9.17) is 0 Å². The van der Waals surface area contributed by atoms with Gasteiger partial charge in [0.25, 0.3) is 0 Å². The second-order valence-corrected chi connectivity index (χ2v) is 5.81. The quantitative estimate of drug-likeness (QED) is 0.867. The summed E-state index contributed by atoms with van der Waals surface area (Å²) in [6.07, 6.45) is 7.42. The minimum atomic E-state index is -0.302. The topological polar surface area (TPSA) is 55.7 Å². The van der Waals surface area contributed by atoms with Crippen molar-refractivity contribution >= 4 is 0 Å². The second-order valence-electron chi connectivity index (χ2n) is 5.81. The highest BCUT2D eigenvalue weighted by atomic mass is 15.1. The van der Waals surface area contributed by atoms with Gasteiger partial charge in [-0.05, 0) is 52.2 Å². The van der Waals surface area contributed by atoms with Crippen LogP contribution < -0.4 is 0 Å². The van der Waals surface area contributed by atoms with E-state index in [2.05, 4.69) is 28.0 Å². The highest BCUT2D eigenvalue weighted by Gasteiger charge is 2.42. The maximum Gasteiger partial charge on any atom is 0.126 e. The van der Waals surface area contributed by atoms with Crippen LogP contribution in [0.3, 0.4) is 0 Å². The Morgan fingerprint density at radius 2 is 2.17 bits per heavy atom.